The molecule has 0 spiro atoms. The monoisotopic (exact) mass is 280 g/mol. The van der Waals surface area contributed by atoms with Crippen LogP contribution in [0.15, 0.2) is 24.3 Å². The van der Waals surface area contributed by atoms with Crippen molar-refractivity contribution in [1.82, 2.24) is 0 Å². The summed E-state index contributed by atoms with van der Waals surface area (Å²) in [5.74, 6) is 0.844. The van der Waals surface area contributed by atoms with Gasteiger partial charge in [0, 0.05) is 6.61 Å². The highest BCUT2D eigenvalue weighted by atomic mass is 16.5. The molecule has 0 bridgehead atoms. The molecule has 0 amide bonds. The van der Waals surface area contributed by atoms with E-state index in [4.69, 9.17) is 9.47 Å². The Morgan fingerprint density at radius 3 is 2.30 bits per heavy atom. The van der Waals surface area contributed by atoms with Crippen LogP contribution in [0.1, 0.15) is 52.2 Å². The first-order valence-electron chi connectivity index (χ1n) is 7.41. The molecule has 114 valence electrons. The lowest BCUT2D eigenvalue weighted by atomic mass is 9.93. The molecule has 0 saturated carbocycles. The number of benzene rings is 1. The van der Waals surface area contributed by atoms with E-state index in [-0.39, 0.29) is 5.41 Å². The van der Waals surface area contributed by atoms with Gasteiger partial charge in [-0.05, 0) is 36.0 Å². The van der Waals surface area contributed by atoms with Crippen LogP contribution in [0, 0.1) is 5.41 Å². The largest absolute Gasteiger partial charge is 0.494 e. The predicted molar refractivity (Wildman–Crippen MR) is 82.1 cm³/mol. The van der Waals surface area contributed by atoms with Crippen molar-refractivity contribution in [2.45, 2.75) is 46.6 Å². The summed E-state index contributed by atoms with van der Waals surface area (Å²) in [5.41, 5.74) is 1.13. The van der Waals surface area contributed by atoms with E-state index in [9.17, 15) is 5.11 Å². The first kappa shape index (κ1) is 17.0. The van der Waals surface area contributed by atoms with Crippen LogP contribution in [0.5, 0.6) is 5.75 Å². The van der Waals surface area contributed by atoms with Crippen LogP contribution in [-0.2, 0) is 4.74 Å². The van der Waals surface area contributed by atoms with Crippen molar-refractivity contribution in [3.8, 4) is 5.75 Å². The van der Waals surface area contributed by atoms with E-state index in [2.05, 4.69) is 27.7 Å². The molecule has 0 heterocycles. The van der Waals surface area contributed by atoms with Gasteiger partial charge in [-0.15, -0.1) is 0 Å². The number of hydrogen-bond donors (Lipinski definition) is 1. The van der Waals surface area contributed by atoms with Gasteiger partial charge in [-0.2, -0.15) is 0 Å². The van der Waals surface area contributed by atoms with Crippen molar-refractivity contribution in [3.63, 3.8) is 0 Å². The Hall–Kier alpha value is -1.06. The van der Waals surface area contributed by atoms with Gasteiger partial charge in [0.2, 0.25) is 0 Å². The smallest absolute Gasteiger partial charge is 0.119 e. The molecule has 0 radical (unpaired) electrons. The third-order valence-electron chi connectivity index (χ3n) is 3.01. The lowest BCUT2D eigenvalue weighted by Crippen LogP contribution is -2.13. The average Bonchev–Trinajstić information content (AvgIpc) is 2.40. The highest BCUT2D eigenvalue weighted by Gasteiger charge is 2.11. The molecule has 20 heavy (non-hydrogen) atoms. The van der Waals surface area contributed by atoms with Gasteiger partial charge in [0.1, 0.15) is 11.9 Å². The average molecular weight is 280 g/mol. The molecule has 1 aromatic carbocycles. The van der Waals surface area contributed by atoms with E-state index in [0.717, 1.165) is 30.8 Å². The van der Waals surface area contributed by atoms with E-state index >= 15 is 0 Å². The molecule has 0 aliphatic rings. The molecule has 0 fully saturated rings. The minimum atomic E-state index is -0.574. The number of aliphatic hydroxyl groups excluding tert-OH is 1. The third kappa shape index (κ3) is 6.92. The minimum Gasteiger partial charge on any atom is -0.494 e. The van der Waals surface area contributed by atoms with E-state index in [1.807, 2.05) is 24.3 Å². The number of rotatable bonds is 8. The second kappa shape index (κ2) is 8.28. The van der Waals surface area contributed by atoms with Gasteiger partial charge in [0.25, 0.3) is 0 Å². The Morgan fingerprint density at radius 2 is 1.75 bits per heavy atom. The fraction of sp³-hybridized carbons (Fsp3) is 0.647. The topological polar surface area (TPSA) is 38.7 Å². The molecule has 0 aromatic heterocycles. The summed E-state index contributed by atoms with van der Waals surface area (Å²) in [6.45, 7) is 10.4. The first-order valence-corrected chi connectivity index (χ1v) is 7.41. The van der Waals surface area contributed by atoms with Crippen LogP contribution in [0.3, 0.4) is 0 Å². The molecule has 3 heteroatoms. The Labute approximate surface area is 122 Å². The van der Waals surface area contributed by atoms with Crippen LogP contribution in [0.2, 0.25) is 0 Å². The molecule has 1 rings (SSSR count). The summed E-state index contributed by atoms with van der Waals surface area (Å²) in [4.78, 5) is 0. The zero-order valence-electron chi connectivity index (χ0n) is 13.2. The molecule has 0 aliphatic carbocycles. The van der Waals surface area contributed by atoms with Crippen LogP contribution < -0.4 is 4.74 Å². The Kier molecular flexibility index (Phi) is 7.03. The number of aliphatic hydroxyl groups is 1. The molecule has 0 aliphatic heterocycles. The van der Waals surface area contributed by atoms with Gasteiger partial charge < -0.3 is 14.6 Å². The molecule has 1 unspecified atom stereocenters. The molecular formula is C17H28O3. The summed E-state index contributed by atoms with van der Waals surface area (Å²) in [7, 11) is 0. The number of hydrogen-bond acceptors (Lipinski definition) is 3. The summed E-state index contributed by atoms with van der Waals surface area (Å²) in [6.07, 6.45) is 1.41. The summed E-state index contributed by atoms with van der Waals surface area (Å²) < 4.78 is 11.1. The molecule has 1 aromatic rings. The van der Waals surface area contributed by atoms with Crippen molar-refractivity contribution in [2.75, 3.05) is 19.8 Å². The van der Waals surface area contributed by atoms with Gasteiger partial charge in [0.05, 0.1) is 13.2 Å². The van der Waals surface area contributed by atoms with Gasteiger partial charge in [-0.25, -0.2) is 0 Å². The molecule has 1 N–H and O–H groups in total. The van der Waals surface area contributed by atoms with E-state index in [0.29, 0.717) is 13.2 Å². The lowest BCUT2D eigenvalue weighted by molar-refractivity contribution is 0.0263. The fourth-order valence-corrected chi connectivity index (χ4v) is 1.68. The maximum absolute atomic E-state index is 10.1. The van der Waals surface area contributed by atoms with E-state index in [1.165, 1.54) is 0 Å². The van der Waals surface area contributed by atoms with Crippen molar-refractivity contribution in [3.05, 3.63) is 29.8 Å². The second-order valence-corrected chi connectivity index (χ2v) is 6.32. The lowest BCUT2D eigenvalue weighted by Gasteiger charge is -2.18. The maximum atomic E-state index is 10.1. The van der Waals surface area contributed by atoms with E-state index < -0.39 is 6.10 Å². The summed E-state index contributed by atoms with van der Waals surface area (Å²) >= 11 is 0. The van der Waals surface area contributed by atoms with Crippen LogP contribution in [0.25, 0.3) is 0 Å². The zero-order valence-corrected chi connectivity index (χ0v) is 13.2. The summed E-state index contributed by atoms with van der Waals surface area (Å²) in [6, 6.07) is 7.57. The Morgan fingerprint density at radius 1 is 1.10 bits per heavy atom. The Balaban J connectivity index is 2.34. The third-order valence-corrected chi connectivity index (χ3v) is 3.01. The van der Waals surface area contributed by atoms with E-state index in [1.54, 1.807) is 0 Å². The van der Waals surface area contributed by atoms with Gasteiger partial charge in [-0.1, -0.05) is 39.8 Å². The molecular weight excluding hydrogens is 252 g/mol. The standard InChI is InChI=1S/C17H28O3/c1-5-11-20-15-8-6-14(7-9-15)16(18)13-19-12-10-17(2,3)4/h6-9,16,18H,5,10-13H2,1-4H3. The second-order valence-electron chi connectivity index (χ2n) is 6.32. The van der Waals surface area contributed by atoms with Crippen molar-refractivity contribution in [2.24, 2.45) is 5.41 Å². The predicted octanol–water partition coefficient (Wildman–Crippen LogP) is 3.96. The highest BCUT2D eigenvalue weighted by Crippen LogP contribution is 2.20. The molecule has 0 saturated heterocycles. The van der Waals surface area contributed by atoms with Gasteiger partial charge in [0.15, 0.2) is 0 Å². The molecule has 1 atom stereocenters. The maximum Gasteiger partial charge on any atom is 0.119 e. The first-order chi connectivity index (χ1) is 9.42. The SMILES string of the molecule is CCCOc1ccc(C(O)COCCC(C)(C)C)cc1. The van der Waals surface area contributed by atoms with Crippen molar-refractivity contribution < 1.29 is 14.6 Å². The normalized spacial score (nSPS) is 13.2. The van der Waals surface area contributed by atoms with Crippen LogP contribution >= 0.6 is 0 Å². The van der Waals surface area contributed by atoms with Crippen LogP contribution in [0.4, 0.5) is 0 Å². The van der Waals surface area contributed by atoms with Gasteiger partial charge >= 0.3 is 0 Å². The number of ether oxygens (including phenoxy) is 2. The van der Waals surface area contributed by atoms with Crippen molar-refractivity contribution >= 4 is 0 Å². The van der Waals surface area contributed by atoms with Crippen LogP contribution in [-0.4, -0.2) is 24.9 Å². The molecule has 3 nitrogen and oxygen atoms in total. The van der Waals surface area contributed by atoms with Crippen molar-refractivity contribution in [1.29, 1.82) is 0 Å². The highest BCUT2D eigenvalue weighted by molar-refractivity contribution is 5.28. The fourth-order valence-electron chi connectivity index (χ4n) is 1.68. The minimum absolute atomic E-state index is 0.267. The zero-order chi connectivity index (χ0) is 15.0. The summed E-state index contributed by atoms with van der Waals surface area (Å²) in [5, 5.41) is 10.1. The quantitative estimate of drug-likeness (QED) is 0.732. The Bertz CT molecular complexity index is 365. The van der Waals surface area contributed by atoms with Gasteiger partial charge in [-0.3, -0.25) is 0 Å².